The monoisotopic (exact) mass is 521 g/mol. The van der Waals surface area contributed by atoms with E-state index in [4.69, 9.17) is 0 Å². The lowest BCUT2D eigenvalue weighted by Gasteiger charge is -2.35. The molecule has 3 aliphatic rings. The number of amides is 1. The molecule has 1 saturated carbocycles. The standard InChI is InChI=1S/C29H26F3N3O3/c1-27(2)15-20-22(21(36)16-27)28(29(30,31)32,26(38)34(20)18-9-5-3-6-10-18)23-24(17-13-14-17)33-35(25(23)37)19-11-7-4-8-12-19/h3-12,17,33H,13-16H2,1-2H3. The first-order valence-corrected chi connectivity index (χ1v) is 12.6. The highest BCUT2D eigenvalue weighted by molar-refractivity contribution is 6.20. The number of aromatic amines is 1. The molecule has 196 valence electrons. The average Bonchev–Trinajstić information content (AvgIpc) is 3.59. The van der Waals surface area contributed by atoms with Crippen molar-refractivity contribution in [2.75, 3.05) is 4.90 Å². The molecule has 6 nitrogen and oxygen atoms in total. The van der Waals surface area contributed by atoms with E-state index in [-0.39, 0.29) is 35.8 Å². The zero-order valence-corrected chi connectivity index (χ0v) is 20.9. The fraction of sp³-hybridized carbons (Fsp3) is 0.345. The Morgan fingerprint density at radius 3 is 2.00 bits per heavy atom. The minimum Gasteiger partial charge on any atom is -0.294 e. The summed E-state index contributed by atoms with van der Waals surface area (Å²) in [4.78, 5) is 43.0. The maximum absolute atomic E-state index is 15.6. The van der Waals surface area contributed by atoms with Gasteiger partial charge in [0.05, 0.1) is 11.3 Å². The molecule has 0 radical (unpaired) electrons. The van der Waals surface area contributed by atoms with Crippen LogP contribution < -0.4 is 10.5 Å². The number of nitrogens with zero attached hydrogens (tertiary/aromatic N) is 2. The van der Waals surface area contributed by atoms with Gasteiger partial charge in [0.15, 0.2) is 5.78 Å². The van der Waals surface area contributed by atoms with Gasteiger partial charge in [-0.1, -0.05) is 50.2 Å². The molecule has 2 aliphatic carbocycles. The van der Waals surface area contributed by atoms with E-state index in [0.29, 0.717) is 18.5 Å². The quantitative estimate of drug-likeness (QED) is 0.491. The zero-order valence-electron chi connectivity index (χ0n) is 20.9. The number of anilines is 1. The molecule has 9 heteroatoms. The fourth-order valence-corrected chi connectivity index (χ4v) is 6.03. The number of ketones is 1. The number of carbonyl (C=O) groups is 2. The maximum Gasteiger partial charge on any atom is 0.411 e. The second-order valence-corrected chi connectivity index (χ2v) is 11.1. The normalized spacial score (nSPS) is 23.2. The molecule has 1 aromatic heterocycles. The van der Waals surface area contributed by atoms with Crippen molar-refractivity contribution in [3.63, 3.8) is 0 Å². The van der Waals surface area contributed by atoms with Gasteiger partial charge < -0.3 is 0 Å². The Labute approximate surface area is 216 Å². The molecule has 1 atom stereocenters. The number of carbonyl (C=O) groups excluding carboxylic acids is 2. The lowest BCUT2D eigenvalue weighted by Crippen LogP contribution is -2.55. The summed E-state index contributed by atoms with van der Waals surface area (Å²) in [6.45, 7) is 3.59. The predicted octanol–water partition coefficient (Wildman–Crippen LogP) is 5.53. The highest BCUT2D eigenvalue weighted by Crippen LogP contribution is 2.59. The Kier molecular flexibility index (Phi) is 5.19. The molecule has 1 amide bonds. The van der Waals surface area contributed by atoms with Crippen molar-refractivity contribution in [1.29, 1.82) is 0 Å². The van der Waals surface area contributed by atoms with Crippen LogP contribution in [0.4, 0.5) is 18.9 Å². The van der Waals surface area contributed by atoms with Gasteiger partial charge in [-0.2, -0.15) is 13.2 Å². The Bertz CT molecular complexity index is 1550. The molecule has 2 heterocycles. The van der Waals surface area contributed by atoms with Crippen molar-refractivity contribution in [1.82, 2.24) is 9.78 Å². The van der Waals surface area contributed by atoms with Gasteiger partial charge in [0, 0.05) is 35.0 Å². The van der Waals surface area contributed by atoms with Crippen molar-refractivity contribution >= 4 is 17.4 Å². The van der Waals surface area contributed by atoms with Gasteiger partial charge in [-0.15, -0.1) is 0 Å². The van der Waals surface area contributed by atoms with E-state index in [1.165, 1.54) is 0 Å². The highest BCUT2D eigenvalue weighted by Gasteiger charge is 2.73. The number of para-hydroxylation sites is 2. The van der Waals surface area contributed by atoms with Crippen molar-refractivity contribution < 1.29 is 22.8 Å². The number of H-pyrrole nitrogens is 1. The third kappa shape index (κ3) is 3.37. The topological polar surface area (TPSA) is 75.2 Å². The van der Waals surface area contributed by atoms with Crippen molar-refractivity contribution in [2.24, 2.45) is 5.41 Å². The van der Waals surface area contributed by atoms with E-state index in [0.717, 1.165) is 9.58 Å². The molecule has 0 spiro atoms. The smallest absolute Gasteiger partial charge is 0.294 e. The summed E-state index contributed by atoms with van der Waals surface area (Å²) in [5.41, 5.74) is -5.66. The summed E-state index contributed by atoms with van der Waals surface area (Å²) < 4.78 is 48.0. The molecule has 38 heavy (non-hydrogen) atoms. The molecule has 1 N–H and O–H groups in total. The maximum atomic E-state index is 15.6. The van der Waals surface area contributed by atoms with Crippen LogP contribution in [0.3, 0.4) is 0 Å². The van der Waals surface area contributed by atoms with Gasteiger partial charge in [-0.3, -0.25) is 24.4 Å². The van der Waals surface area contributed by atoms with Gasteiger partial charge in [-0.25, -0.2) is 4.68 Å². The van der Waals surface area contributed by atoms with E-state index < -0.39 is 45.4 Å². The largest absolute Gasteiger partial charge is 0.411 e. The van der Waals surface area contributed by atoms with Gasteiger partial charge in [0.2, 0.25) is 5.41 Å². The van der Waals surface area contributed by atoms with Crippen LogP contribution in [0.5, 0.6) is 0 Å². The summed E-state index contributed by atoms with van der Waals surface area (Å²) >= 11 is 0. The van der Waals surface area contributed by atoms with E-state index in [2.05, 4.69) is 5.10 Å². The number of allylic oxidation sites excluding steroid dienone is 1. The second kappa shape index (κ2) is 8.06. The lowest BCUT2D eigenvalue weighted by molar-refractivity contribution is -0.184. The fourth-order valence-electron chi connectivity index (χ4n) is 6.03. The molecular formula is C29H26F3N3O3. The number of aromatic nitrogens is 2. The van der Waals surface area contributed by atoms with Crippen LogP contribution in [0.1, 0.15) is 56.7 Å². The van der Waals surface area contributed by atoms with Gasteiger partial charge >= 0.3 is 6.18 Å². The summed E-state index contributed by atoms with van der Waals surface area (Å²) in [5, 5.41) is 2.90. The molecular weight excluding hydrogens is 495 g/mol. The van der Waals surface area contributed by atoms with E-state index in [1.807, 2.05) is 0 Å². The first kappa shape index (κ1) is 24.5. The zero-order chi connectivity index (χ0) is 27.0. The Balaban J connectivity index is 1.72. The number of nitrogens with one attached hydrogen (secondary N) is 1. The molecule has 2 aromatic carbocycles. The number of alkyl halides is 3. The first-order valence-electron chi connectivity index (χ1n) is 12.6. The summed E-state index contributed by atoms with van der Waals surface area (Å²) in [5.74, 6) is -2.42. The van der Waals surface area contributed by atoms with Crippen molar-refractivity contribution in [2.45, 2.75) is 57.0 Å². The van der Waals surface area contributed by atoms with Crippen LogP contribution in [0, 0.1) is 5.41 Å². The third-order valence-electron chi connectivity index (χ3n) is 7.75. The summed E-state index contributed by atoms with van der Waals surface area (Å²) in [7, 11) is 0. The molecule has 1 fully saturated rings. The molecule has 1 aliphatic heterocycles. The minimum atomic E-state index is -5.25. The van der Waals surface area contributed by atoms with Crippen LogP contribution in [0.15, 0.2) is 76.7 Å². The highest BCUT2D eigenvalue weighted by atomic mass is 19.4. The average molecular weight is 522 g/mol. The van der Waals surface area contributed by atoms with Crippen LogP contribution in [0.2, 0.25) is 0 Å². The van der Waals surface area contributed by atoms with Crippen LogP contribution in [0.25, 0.3) is 5.69 Å². The number of hydrogen-bond acceptors (Lipinski definition) is 3. The minimum absolute atomic E-state index is 0.0217. The van der Waals surface area contributed by atoms with E-state index >= 15 is 13.2 Å². The van der Waals surface area contributed by atoms with Gasteiger partial charge in [0.25, 0.3) is 11.5 Å². The van der Waals surface area contributed by atoms with Crippen molar-refractivity contribution in [3.8, 4) is 5.69 Å². The van der Waals surface area contributed by atoms with Crippen LogP contribution >= 0.6 is 0 Å². The number of halogens is 3. The SMILES string of the molecule is CC1(C)CC(=O)C2=C(C1)N(c1ccccc1)C(=O)C2(c1c(C2CC2)[nH]n(-c2ccccc2)c1=O)C(F)(F)F. The lowest BCUT2D eigenvalue weighted by atomic mass is 9.66. The summed E-state index contributed by atoms with van der Waals surface area (Å²) in [6, 6.07) is 16.3. The Morgan fingerprint density at radius 2 is 1.45 bits per heavy atom. The molecule has 3 aromatic rings. The number of hydrogen-bond donors (Lipinski definition) is 1. The summed E-state index contributed by atoms with van der Waals surface area (Å²) in [6.07, 6.45) is -4.15. The molecule has 0 saturated heterocycles. The number of rotatable bonds is 4. The second-order valence-electron chi connectivity index (χ2n) is 11.1. The van der Waals surface area contributed by atoms with Gasteiger partial charge in [-0.05, 0) is 48.9 Å². The predicted molar refractivity (Wildman–Crippen MR) is 135 cm³/mol. The van der Waals surface area contributed by atoms with E-state index in [9.17, 15) is 14.4 Å². The first-order chi connectivity index (χ1) is 18.0. The van der Waals surface area contributed by atoms with E-state index in [1.54, 1.807) is 74.5 Å². The number of benzene rings is 2. The molecule has 6 rings (SSSR count). The Morgan fingerprint density at radius 1 is 0.868 bits per heavy atom. The molecule has 0 bridgehead atoms. The Hall–Kier alpha value is -3.88. The van der Waals surface area contributed by atoms with Gasteiger partial charge in [0.1, 0.15) is 0 Å². The molecule has 1 unspecified atom stereocenters. The number of Topliss-reactive ketones (excluding diaryl/α,β-unsaturated/α-hetero) is 1. The third-order valence-corrected chi connectivity index (χ3v) is 7.75. The van der Waals surface area contributed by atoms with Crippen molar-refractivity contribution in [3.05, 3.63) is 93.5 Å². The van der Waals surface area contributed by atoms with Crippen LogP contribution in [-0.2, 0) is 15.0 Å². The van der Waals surface area contributed by atoms with Crippen LogP contribution in [-0.4, -0.2) is 27.6 Å².